The van der Waals surface area contributed by atoms with E-state index in [4.69, 9.17) is 9.47 Å². The van der Waals surface area contributed by atoms with E-state index in [2.05, 4.69) is 47.5 Å². The third-order valence-electron chi connectivity index (χ3n) is 5.42. The number of para-hydroxylation sites is 1. The van der Waals surface area contributed by atoms with Crippen LogP contribution in [-0.2, 0) is 17.9 Å². The van der Waals surface area contributed by atoms with Gasteiger partial charge in [-0.3, -0.25) is 9.69 Å². The Kier molecular flexibility index (Phi) is 6.93. The number of hydrogen-bond acceptors (Lipinski definition) is 4. The van der Waals surface area contributed by atoms with Crippen LogP contribution in [-0.4, -0.2) is 38.1 Å². The van der Waals surface area contributed by atoms with Crippen LogP contribution < -0.4 is 14.8 Å². The first kappa shape index (κ1) is 20.2. The summed E-state index contributed by atoms with van der Waals surface area (Å²) in [6.07, 6.45) is 1.76. The summed E-state index contributed by atoms with van der Waals surface area (Å²) >= 11 is 0. The minimum Gasteiger partial charge on any atom is -0.493 e. The molecule has 0 bridgehead atoms. The molecule has 0 saturated carbocycles. The maximum atomic E-state index is 12.5. The van der Waals surface area contributed by atoms with E-state index in [-0.39, 0.29) is 11.8 Å². The molecule has 5 nitrogen and oxygen atoms in total. The topological polar surface area (TPSA) is 50.8 Å². The lowest BCUT2D eigenvalue weighted by molar-refractivity contribution is -0.126. The summed E-state index contributed by atoms with van der Waals surface area (Å²) in [5, 5.41) is 3.09. The van der Waals surface area contributed by atoms with Gasteiger partial charge in [-0.15, -0.1) is 0 Å². The van der Waals surface area contributed by atoms with E-state index < -0.39 is 0 Å². The second-order valence-corrected chi connectivity index (χ2v) is 7.41. The third-order valence-corrected chi connectivity index (χ3v) is 5.42. The van der Waals surface area contributed by atoms with Gasteiger partial charge >= 0.3 is 0 Å². The number of benzene rings is 2. The second kappa shape index (κ2) is 9.60. The van der Waals surface area contributed by atoms with E-state index in [1.165, 1.54) is 5.56 Å². The van der Waals surface area contributed by atoms with Gasteiger partial charge in [-0.2, -0.15) is 0 Å². The SMILES string of the molecule is COc1cccc(CN2CCC(C(=O)NCc3ccc(C)cc3)CC2)c1OC. The number of carbonyl (C=O) groups excluding carboxylic acids is 1. The molecule has 0 radical (unpaired) electrons. The third kappa shape index (κ3) is 5.04. The number of methoxy groups -OCH3 is 2. The van der Waals surface area contributed by atoms with Gasteiger partial charge in [0, 0.05) is 24.6 Å². The maximum absolute atomic E-state index is 12.5. The lowest BCUT2D eigenvalue weighted by Gasteiger charge is -2.31. The Hall–Kier alpha value is -2.53. The van der Waals surface area contributed by atoms with Crippen LogP contribution in [0.15, 0.2) is 42.5 Å². The van der Waals surface area contributed by atoms with Gasteiger partial charge in [0.15, 0.2) is 11.5 Å². The van der Waals surface area contributed by atoms with Gasteiger partial charge in [-0.1, -0.05) is 42.0 Å². The van der Waals surface area contributed by atoms with Gasteiger partial charge in [0.05, 0.1) is 14.2 Å². The fourth-order valence-corrected chi connectivity index (χ4v) is 3.71. The molecule has 1 heterocycles. The zero-order chi connectivity index (χ0) is 19.9. The molecule has 5 heteroatoms. The van der Waals surface area contributed by atoms with Gasteiger partial charge in [0.1, 0.15) is 0 Å². The predicted octanol–water partition coefficient (Wildman–Crippen LogP) is 3.54. The zero-order valence-electron chi connectivity index (χ0n) is 17.0. The monoisotopic (exact) mass is 382 g/mol. The van der Waals surface area contributed by atoms with Crippen LogP contribution in [0.3, 0.4) is 0 Å². The van der Waals surface area contributed by atoms with Crippen molar-refractivity contribution in [3.63, 3.8) is 0 Å². The highest BCUT2D eigenvalue weighted by Gasteiger charge is 2.25. The summed E-state index contributed by atoms with van der Waals surface area (Å²) in [5.41, 5.74) is 3.49. The molecule has 1 aliphatic rings. The molecule has 0 aromatic heterocycles. The standard InChI is InChI=1S/C23H30N2O3/c1-17-7-9-18(10-8-17)15-24-23(26)19-11-13-25(14-12-19)16-20-5-4-6-21(27-2)22(20)28-3/h4-10,19H,11-16H2,1-3H3,(H,24,26). The summed E-state index contributed by atoms with van der Waals surface area (Å²) in [4.78, 5) is 14.9. The van der Waals surface area contributed by atoms with E-state index in [1.54, 1.807) is 14.2 Å². The van der Waals surface area contributed by atoms with Crippen molar-refractivity contribution in [2.24, 2.45) is 5.92 Å². The van der Waals surface area contributed by atoms with Crippen LogP contribution in [0.5, 0.6) is 11.5 Å². The number of nitrogens with one attached hydrogen (secondary N) is 1. The molecule has 150 valence electrons. The molecule has 28 heavy (non-hydrogen) atoms. The molecule has 1 amide bonds. The quantitative estimate of drug-likeness (QED) is 0.796. The van der Waals surface area contributed by atoms with Crippen molar-refractivity contribution in [1.82, 2.24) is 10.2 Å². The first-order valence-corrected chi connectivity index (χ1v) is 9.86. The number of piperidine rings is 1. The Morgan fingerprint density at radius 1 is 1.07 bits per heavy atom. The van der Waals surface area contributed by atoms with Crippen LogP contribution in [0.1, 0.15) is 29.5 Å². The first-order chi connectivity index (χ1) is 13.6. The van der Waals surface area contributed by atoms with Crippen LogP contribution in [0, 0.1) is 12.8 Å². The Bertz CT molecular complexity index is 781. The molecule has 0 atom stereocenters. The number of nitrogens with zero attached hydrogens (tertiary/aromatic N) is 1. The van der Waals surface area contributed by atoms with E-state index in [1.807, 2.05) is 12.1 Å². The lowest BCUT2D eigenvalue weighted by Crippen LogP contribution is -2.40. The van der Waals surface area contributed by atoms with Crippen molar-refractivity contribution < 1.29 is 14.3 Å². The highest BCUT2D eigenvalue weighted by molar-refractivity contribution is 5.78. The number of aryl methyl sites for hydroxylation is 1. The number of hydrogen-bond donors (Lipinski definition) is 1. The van der Waals surface area contributed by atoms with Crippen molar-refractivity contribution in [3.05, 3.63) is 59.2 Å². The average molecular weight is 383 g/mol. The molecule has 1 fully saturated rings. The molecule has 0 unspecified atom stereocenters. The zero-order valence-corrected chi connectivity index (χ0v) is 17.0. The summed E-state index contributed by atoms with van der Waals surface area (Å²) in [7, 11) is 3.33. The molecule has 1 aliphatic heterocycles. The van der Waals surface area contributed by atoms with Gasteiger partial charge in [-0.25, -0.2) is 0 Å². The largest absolute Gasteiger partial charge is 0.493 e. The lowest BCUT2D eigenvalue weighted by atomic mass is 9.95. The van der Waals surface area contributed by atoms with Gasteiger partial charge < -0.3 is 14.8 Å². The normalized spacial score (nSPS) is 15.2. The predicted molar refractivity (Wildman–Crippen MR) is 111 cm³/mol. The molecule has 2 aromatic carbocycles. The van der Waals surface area contributed by atoms with Crippen LogP contribution in [0.2, 0.25) is 0 Å². The highest BCUT2D eigenvalue weighted by Crippen LogP contribution is 2.32. The summed E-state index contributed by atoms with van der Waals surface area (Å²) in [6, 6.07) is 14.3. The van der Waals surface area contributed by atoms with Crippen molar-refractivity contribution in [3.8, 4) is 11.5 Å². The van der Waals surface area contributed by atoms with Crippen molar-refractivity contribution in [2.75, 3.05) is 27.3 Å². The minimum absolute atomic E-state index is 0.0916. The molecule has 0 spiro atoms. The molecule has 1 N–H and O–H groups in total. The number of likely N-dealkylation sites (tertiary alicyclic amines) is 1. The molecule has 1 saturated heterocycles. The van der Waals surface area contributed by atoms with Gasteiger partial charge in [0.2, 0.25) is 5.91 Å². The average Bonchev–Trinajstić information content (AvgIpc) is 2.73. The van der Waals surface area contributed by atoms with Crippen LogP contribution in [0.4, 0.5) is 0 Å². The van der Waals surface area contributed by atoms with Gasteiger partial charge in [0.25, 0.3) is 0 Å². The smallest absolute Gasteiger partial charge is 0.223 e. The molecule has 2 aromatic rings. The van der Waals surface area contributed by atoms with E-state index in [0.717, 1.165) is 55.1 Å². The Morgan fingerprint density at radius 2 is 1.79 bits per heavy atom. The van der Waals surface area contributed by atoms with E-state index in [9.17, 15) is 4.79 Å². The van der Waals surface area contributed by atoms with Crippen molar-refractivity contribution in [2.45, 2.75) is 32.9 Å². The summed E-state index contributed by atoms with van der Waals surface area (Å²) in [6.45, 7) is 5.28. The van der Waals surface area contributed by atoms with Crippen molar-refractivity contribution in [1.29, 1.82) is 0 Å². The second-order valence-electron chi connectivity index (χ2n) is 7.41. The number of rotatable bonds is 7. The molecular formula is C23H30N2O3. The summed E-state index contributed by atoms with van der Waals surface area (Å²) < 4.78 is 10.9. The summed E-state index contributed by atoms with van der Waals surface area (Å²) in [5.74, 6) is 1.81. The van der Waals surface area contributed by atoms with E-state index >= 15 is 0 Å². The fourth-order valence-electron chi connectivity index (χ4n) is 3.71. The van der Waals surface area contributed by atoms with Crippen LogP contribution in [0.25, 0.3) is 0 Å². The number of amides is 1. The van der Waals surface area contributed by atoms with Gasteiger partial charge in [-0.05, 0) is 44.5 Å². The number of carbonyl (C=O) groups is 1. The highest BCUT2D eigenvalue weighted by atomic mass is 16.5. The first-order valence-electron chi connectivity index (χ1n) is 9.86. The number of ether oxygens (including phenoxy) is 2. The Balaban J connectivity index is 1.49. The molecule has 0 aliphatic carbocycles. The Labute approximate surface area is 167 Å². The Morgan fingerprint density at radius 3 is 2.43 bits per heavy atom. The minimum atomic E-state index is 0.0916. The van der Waals surface area contributed by atoms with E-state index in [0.29, 0.717) is 6.54 Å². The molecule has 3 rings (SSSR count). The van der Waals surface area contributed by atoms with Crippen LogP contribution >= 0.6 is 0 Å². The molecular weight excluding hydrogens is 352 g/mol. The maximum Gasteiger partial charge on any atom is 0.223 e. The van der Waals surface area contributed by atoms with Crippen molar-refractivity contribution >= 4 is 5.91 Å². The fraction of sp³-hybridized carbons (Fsp3) is 0.435.